The lowest BCUT2D eigenvalue weighted by Gasteiger charge is -2.19. The smallest absolute Gasteiger partial charge is 0.243 e. The van der Waals surface area contributed by atoms with Crippen molar-refractivity contribution in [2.75, 3.05) is 23.8 Å². The molecular formula is C16H15F2IN2O. The van der Waals surface area contributed by atoms with Crippen LogP contribution in [0.25, 0.3) is 0 Å². The number of nitrogens with zero attached hydrogens (tertiary/aromatic N) is 1. The number of anilines is 2. The number of carbonyl (C=O) groups excluding carboxylic acids is 1. The predicted octanol–water partition coefficient (Wildman–Crippen LogP) is 3.95. The van der Waals surface area contributed by atoms with Crippen molar-refractivity contribution in [1.82, 2.24) is 0 Å². The van der Waals surface area contributed by atoms with Gasteiger partial charge in [-0.1, -0.05) is 0 Å². The normalized spacial score (nSPS) is 10.4. The van der Waals surface area contributed by atoms with Crippen LogP contribution in [0.5, 0.6) is 0 Å². The fraction of sp³-hybridized carbons (Fsp3) is 0.188. The molecule has 0 bridgehead atoms. The Kier molecular flexibility index (Phi) is 5.33. The molecule has 0 unspecified atom stereocenters. The summed E-state index contributed by atoms with van der Waals surface area (Å²) >= 11 is 2.20. The average molecular weight is 416 g/mol. The number of carbonyl (C=O) groups is 1. The van der Waals surface area contributed by atoms with E-state index in [0.29, 0.717) is 5.69 Å². The third-order valence-corrected chi connectivity index (χ3v) is 3.86. The van der Waals surface area contributed by atoms with E-state index in [9.17, 15) is 13.6 Å². The van der Waals surface area contributed by atoms with Crippen molar-refractivity contribution in [2.24, 2.45) is 0 Å². The van der Waals surface area contributed by atoms with Crippen LogP contribution in [0.15, 0.2) is 36.4 Å². The molecule has 3 nitrogen and oxygen atoms in total. The molecule has 0 saturated carbocycles. The summed E-state index contributed by atoms with van der Waals surface area (Å²) in [6.07, 6.45) is 0. The minimum Gasteiger partial charge on any atom is -0.365 e. The Morgan fingerprint density at radius 3 is 2.55 bits per heavy atom. The minimum absolute atomic E-state index is 0.0382. The number of aryl methyl sites for hydroxylation is 1. The number of rotatable bonds is 4. The van der Waals surface area contributed by atoms with Gasteiger partial charge >= 0.3 is 0 Å². The maximum absolute atomic E-state index is 13.2. The quantitative estimate of drug-likeness (QED) is 0.766. The second-order valence-electron chi connectivity index (χ2n) is 4.96. The summed E-state index contributed by atoms with van der Waals surface area (Å²) in [7, 11) is 1.65. The monoisotopic (exact) mass is 416 g/mol. The first kappa shape index (κ1) is 16.7. The van der Waals surface area contributed by atoms with Crippen LogP contribution in [0, 0.1) is 22.1 Å². The molecule has 2 rings (SSSR count). The van der Waals surface area contributed by atoms with E-state index in [0.717, 1.165) is 27.0 Å². The summed E-state index contributed by atoms with van der Waals surface area (Å²) in [5, 5.41) is 2.81. The van der Waals surface area contributed by atoms with Gasteiger partial charge in [-0.15, -0.1) is 0 Å². The lowest BCUT2D eigenvalue weighted by Crippen LogP contribution is -2.30. The molecule has 0 aliphatic rings. The molecule has 1 amide bonds. The van der Waals surface area contributed by atoms with Gasteiger partial charge < -0.3 is 10.2 Å². The van der Waals surface area contributed by atoms with Crippen LogP contribution in [-0.2, 0) is 4.79 Å². The highest BCUT2D eigenvalue weighted by atomic mass is 127. The summed E-state index contributed by atoms with van der Waals surface area (Å²) in [5.74, 6) is -2.06. The number of nitrogens with one attached hydrogen (secondary N) is 1. The zero-order chi connectivity index (χ0) is 16.3. The summed E-state index contributed by atoms with van der Waals surface area (Å²) < 4.78 is 27.2. The Morgan fingerprint density at radius 1 is 1.18 bits per heavy atom. The van der Waals surface area contributed by atoms with Crippen molar-refractivity contribution in [2.45, 2.75) is 6.92 Å². The Morgan fingerprint density at radius 2 is 1.91 bits per heavy atom. The second-order valence-corrected chi connectivity index (χ2v) is 6.21. The van der Waals surface area contributed by atoms with Crippen LogP contribution in [0.1, 0.15) is 5.56 Å². The van der Waals surface area contributed by atoms with Crippen molar-refractivity contribution in [1.29, 1.82) is 0 Å². The second kappa shape index (κ2) is 7.04. The highest BCUT2D eigenvalue weighted by Gasteiger charge is 2.11. The first-order valence-corrected chi connectivity index (χ1v) is 7.67. The van der Waals surface area contributed by atoms with Crippen LogP contribution in [0.2, 0.25) is 0 Å². The van der Waals surface area contributed by atoms with E-state index in [-0.39, 0.29) is 12.5 Å². The molecule has 1 N–H and O–H groups in total. The molecule has 0 aliphatic heterocycles. The number of benzene rings is 2. The first-order valence-electron chi connectivity index (χ1n) is 6.59. The van der Waals surface area contributed by atoms with E-state index in [1.54, 1.807) is 11.9 Å². The predicted molar refractivity (Wildman–Crippen MR) is 92.2 cm³/mol. The third kappa shape index (κ3) is 4.16. The molecule has 0 saturated heterocycles. The average Bonchev–Trinajstić information content (AvgIpc) is 2.45. The molecule has 0 radical (unpaired) electrons. The van der Waals surface area contributed by atoms with Gasteiger partial charge in [0.15, 0.2) is 11.6 Å². The largest absolute Gasteiger partial charge is 0.365 e. The Bertz CT molecular complexity index is 707. The van der Waals surface area contributed by atoms with E-state index in [4.69, 9.17) is 0 Å². The van der Waals surface area contributed by atoms with Gasteiger partial charge in [-0.05, 0) is 65.4 Å². The molecule has 22 heavy (non-hydrogen) atoms. The molecule has 0 heterocycles. The molecule has 2 aromatic carbocycles. The van der Waals surface area contributed by atoms with Crippen molar-refractivity contribution < 1.29 is 13.6 Å². The Labute approximate surface area is 141 Å². The number of halogens is 3. The molecule has 0 spiro atoms. The van der Waals surface area contributed by atoms with E-state index in [2.05, 4.69) is 27.9 Å². The van der Waals surface area contributed by atoms with Gasteiger partial charge in [0, 0.05) is 28.1 Å². The molecule has 0 fully saturated rings. The van der Waals surface area contributed by atoms with Crippen LogP contribution in [0.4, 0.5) is 20.2 Å². The van der Waals surface area contributed by atoms with Gasteiger partial charge in [-0.2, -0.15) is 0 Å². The summed E-state index contributed by atoms with van der Waals surface area (Å²) in [6, 6.07) is 9.26. The van der Waals surface area contributed by atoms with Gasteiger partial charge in [0.1, 0.15) is 0 Å². The van der Waals surface area contributed by atoms with Crippen molar-refractivity contribution in [3.8, 4) is 0 Å². The van der Waals surface area contributed by atoms with Crippen LogP contribution in [0.3, 0.4) is 0 Å². The van der Waals surface area contributed by atoms with Crippen LogP contribution in [-0.4, -0.2) is 19.5 Å². The summed E-state index contributed by atoms with van der Waals surface area (Å²) in [6.45, 7) is 1.95. The highest BCUT2D eigenvalue weighted by Crippen LogP contribution is 2.19. The van der Waals surface area contributed by atoms with E-state index in [1.165, 1.54) is 6.07 Å². The van der Waals surface area contributed by atoms with Gasteiger partial charge in [-0.3, -0.25) is 4.79 Å². The van der Waals surface area contributed by atoms with Crippen molar-refractivity contribution in [3.63, 3.8) is 0 Å². The van der Waals surface area contributed by atoms with Gasteiger partial charge in [-0.25, -0.2) is 8.78 Å². The molecule has 0 aliphatic carbocycles. The molecule has 0 aromatic heterocycles. The number of amides is 1. The highest BCUT2D eigenvalue weighted by molar-refractivity contribution is 14.1. The Balaban J connectivity index is 2.03. The number of likely N-dealkylation sites (N-methyl/N-ethyl adjacent to an activating group) is 1. The zero-order valence-electron chi connectivity index (χ0n) is 12.2. The minimum atomic E-state index is -0.932. The third-order valence-electron chi connectivity index (χ3n) is 3.19. The van der Waals surface area contributed by atoms with Gasteiger partial charge in [0.25, 0.3) is 0 Å². The fourth-order valence-electron chi connectivity index (χ4n) is 1.99. The SMILES string of the molecule is Cc1cc(I)ccc1NC(=O)CN(C)c1ccc(F)c(F)c1. The summed E-state index contributed by atoms with van der Waals surface area (Å²) in [4.78, 5) is 13.6. The number of hydrogen-bond donors (Lipinski definition) is 1. The maximum Gasteiger partial charge on any atom is 0.243 e. The molecule has 2 aromatic rings. The topological polar surface area (TPSA) is 32.3 Å². The zero-order valence-corrected chi connectivity index (χ0v) is 14.3. The Hall–Kier alpha value is -1.70. The van der Waals surface area contributed by atoms with Crippen molar-refractivity contribution in [3.05, 3.63) is 57.2 Å². The molecular weight excluding hydrogens is 401 g/mol. The lowest BCUT2D eigenvalue weighted by molar-refractivity contribution is -0.114. The fourth-order valence-corrected chi connectivity index (χ4v) is 2.63. The van der Waals surface area contributed by atoms with Crippen LogP contribution < -0.4 is 10.2 Å². The summed E-state index contributed by atoms with van der Waals surface area (Å²) in [5.41, 5.74) is 2.15. The van der Waals surface area contributed by atoms with Gasteiger partial charge in [0.05, 0.1) is 6.54 Å². The van der Waals surface area contributed by atoms with E-state index in [1.807, 2.05) is 25.1 Å². The molecule has 6 heteroatoms. The standard InChI is InChI=1S/C16H15F2IN2O/c1-10-7-11(19)3-6-15(10)20-16(22)9-21(2)12-4-5-13(17)14(18)8-12/h3-8H,9H2,1-2H3,(H,20,22). The molecule has 116 valence electrons. The first-order chi connectivity index (χ1) is 10.4. The van der Waals surface area contributed by atoms with Crippen LogP contribution >= 0.6 is 22.6 Å². The van der Waals surface area contributed by atoms with E-state index >= 15 is 0 Å². The van der Waals surface area contributed by atoms with E-state index < -0.39 is 11.6 Å². The molecule has 0 atom stereocenters. The maximum atomic E-state index is 13.2. The number of hydrogen-bond acceptors (Lipinski definition) is 2. The lowest BCUT2D eigenvalue weighted by atomic mass is 10.2. The van der Waals surface area contributed by atoms with Gasteiger partial charge in [0.2, 0.25) is 5.91 Å². The van der Waals surface area contributed by atoms with Crippen molar-refractivity contribution >= 4 is 39.9 Å².